The molecular weight excluding hydrogens is 227 g/mol. The third kappa shape index (κ3) is 48.1. The standard InChI is InChI=1S/C6H13.2C4H9O.Al/c1-3-5-6-4-2;2*1-2-3-4-5;/h1,3-6H2,2H3;2*2-4H2,1H3;/q;2*-1;+2. The summed E-state index contributed by atoms with van der Waals surface area (Å²) >= 11 is 2.75. The molecular formula is C14H31AlO2. The molecule has 17 heavy (non-hydrogen) atoms. The second-order valence-electron chi connectivity index (χ2n) is 3.96. The molecule has 0 aromatic carbocycles. The van der Waals surface area contributed by atoms with Gasteiger partial charge in [-0.2, -0.15) is 0 Å². The minimum absolute atomic E-state index is 0.0938. The minimum Gasteiger partial charge on any atom is -0.854 e. The van der Waals surface area contributed by atoms with E-state index >= 15 is 0 Å². The van der Waals surface area contributed by atoms with Gasteiger partial charge in [-0.1, -0.05) is 39.5 Å². The zero-order valence-electron chi connectivity index (χ0n) is 12.2. The normalized spacial score (nSPS) is 8.88. The first kappa shape index (κ1) is 22.6. The van der Waals surface area contributed by atoms with Gasteiger partial charge in [0.2, 0.25) is 0 Å². The molecule has 0 aliphatic rings. The van der Waals surface area contributed by atoms with Crippen molar-refractivity contribution >= 4 is 16.3 Å². The number of hydrogen-bond acceptors (Lipinski definition) is 2. The number of rotatable bonds is 8. The molecule has 0 amide bonds. The molecule has 0 aliphatic carbocycles. The van der Waals surface area contributed by atoms with Crippen LogP contribution in [0.3, 0.4) is 0 Å². The van der Waals surface area contributed by atoms with Gasteiger partial charge >= 0.3 is 54.2 Å². The van der Waals surface area contributed by atoms with Crippen molar-refractivity contribution in [2.24, 2.45) is 0 Å². The van der Waals surface area contributed by atoms with E-state index in [0.29, 0.717) is 0 Å². The average Bonchev–Trinajstić information content (AvgIpc) is 2.33. The molecule has 0 atom stereocenters. The van der Waals surface area contributed by atoms with Gasteiger partial charge in [-0.15, -0.1) is 13.2 Å². The quantitative estimate of drug-likeness (QED) is 0.496. The van der Waals surface area contributed by atoms with Crippen molar-refractivity contribution in [3.8, 4) is 0 Å². The summed E-state index contributed by atoms with van der Waals surface area (Å²) in [7, 11) is 0. The molecule has 0 spiro atoms. The Morgan fingerprint density at radius 3 is 1.24 bits per heavy atom. The largest absolute Gasteiger partial charge is 0.854 e. The third-order valence-electron chi connectivity index (χ3n) is 2.05. The predicted molar refractivity (Wildman–Crippen MR) is 74.3 cm³/mol. The van der Waals surface area contributed by atoms with E-state index in [9.17, 15) is 10.2 Å². The van der Waals surface area contributed by atoms with Gasteiger partial charge in [0.25, 0.3) is 0 Å². The molecule has 0 aromatic rings. The van der Waals surface area contributed by atoms with Crippen LogP contribution in [0.15, 0.2) is 0 Å². The summed E-state index contributed by atoms with van der Waals surface area (Å²) in [6.07, 6.45) is 9.30. The smallest absolute Gasteiger partial charge is 0.0575 e. The topological polar surface area (TPSA) is 46.1 Å². The molecule has 0 saturated carbocycles. The predicted octanol–water partition coefficient (Wildman–Crippen LogP) is 2.45. The maximum Gasteiger partial charge on any atom is -0.0575 e. The van der Waals surface area contributed by atoms with E-state index in [4.69, 9.17) is 0 Å². The van der Waals surface area contributed by atoms with Crippen molar-refractivity contribution in [1.82, 2.24) is 0 Å². The van der Waals surface area contributed by atoms with E-state index in [0.717, 1.165) is 25.7 Å². The molecule has 0 bridgehead atoms. The van der Waals surface area contributed by atoms with Crippen LogP contribution in [0.25, 0.3) is 0 Å². The summed E-state index contributed by atoms with van der Waals surface area (Å²) in [5.74, 6) is 0. The van der Waals surface area contributed by atoms with E-state index in [1.54, 1.807) is 0 Å². The Bertz CT molecular complexity index is 76.3. The van der Waals surface area contributed by atoms with Crippen LogP contribution in [0.4, 0.5) is 0 Å². The summed E-state index contributed by atoms with van der Waals surface area (Å²) in [5, 5.41) is 20.3. The number of unbranched alkanes of at least 4 members (excludes halogenated alkanes) is 5. The molecule has 0 saturated heterocycles. The molecule has 0 rings (SSSR count). The van der Waals surface area contributed by atoms with Crippen molar-refractivity contribution in [3.05, 3.63) is 0 Å². The third-order valence-corrected chi connectivity index (χ3v) is 2.46. The van der Waals surface area contributed by atoms with Crippen LogP contribution in [0.1, 0.15) is 72.1 Å². The summed E-state index contributed by atoms with van der Waals surface area (Å²) in [6.45, 7) is 6.45. The maximum atomic E-state index is 9.53. The second kappa shape index (κ2) is 30.0. The fourth-order valence-electron chi connectivity index (χ4n) is 0.860. The summed E-state index contributed by atoms with van der Waals surface area (Å²) < 4.78 is 0. The Kier molecular flexibility index (Phi) is 39.8. The van der Waals surface area contributed by atoms with Crippen LogP contribution in [0.5, 0.6) is 0 Å². The van der Waals surface area contributed by atoms with Crippen LogP contribution < -0.4 is 10.2 Å². The Balaban J connectivity index is -0.000000177. The van der Waals surface area contributed by atoms with Gasteiger partial charge in [-0.25, -0.2) is 0 Å². The summed E-state index contributed by atoms with van der Waals surface area (Å²) in [6, 6.07) is 0. The van der Waals surface area contributed by atoms with Crippen molar-refractivity contribution in [2.75, 3.05) is 13.2 Å². The molecule has 102 valence electrons. The molecule has 0 aliphatic heterocycles. The van der Waals surface area contributed by atoms with E-state index in [2.05, 4.69) is 23.2 Å². The van der Waals surface area contributed by atoms with E-state index in [-0.39, 0.29) is 13.2 Å². The van der Waals surface area contributed by atoms with E-state index < -0.39 is 0 Å². The Morgan fingerprint density at radius 2 is 1.06 bits per heavy atom. The second-order valence-corrected chi connectivity index (χ2v) is 4.54. The Labute approximate surface area is 117 Å². The SMILES string of the molecule is CCCCC[CH2][Al+2].CCCC[O-].CCCC[O-]. The average molecular weight is 258 g/mol. The van der Waals surface area contributed by atoms with Gasteiger partial charge in [-0.05, 0) is 0 Å². The van der Waals surface area contributed by atoms with Crippen molar-refractivity contribution in [2.45, 2.75) is 77.4 Å². The molecule has 0 heterocycles. The first-order valence-corrected chi connectivity index (χ1v) is 7.92. The summed E-state index contributed by atoms with van der Waals surface area (Å²) in [5.41, 5.74) is 0. The molecule has 2 nitrogen and oxygen atoms in total. The molecule has 3 heteroatoms. The van der Waals surface area contributed by atoms with Crippen LogP contribution in [-0.2, 0) is 0 Å². The molecule has 0 unspecified atom stereocenters. The number of hydrogen-bond donors (Lipinski definition) is 0. The van der Waals surface area contributed by atoms with Gasteiger partial charge in [0.15, 0.2) is 0 Å². The fourth-order valence-corrected chi connectivity index (χ4v) is 1.15. The van der Waals surface area contributed by atoms with Crippen LogP contribution in [0.2, 0.25) is 5.28 Å². The van der Waals surface area contributed by atoms with Crippen LogP contribution in [-0.4, -0.2) is 29.5 Å². The maximum absolute atomic E-state index is 9.53. The van der Waals surface area contributed by atoms with Crippen LogP contribution in [0, 0.1) is 0 Å². The molecule has 0 radical (unpaired) electrons. The van der Waals surface area contributed by atoms with Gasteiger partial charge in [0, 0.05) is 0 Å². The van der Waals surface area contributed by atoms with Gasteiger partial charge in [0.1, 0.15) is 0 Å². The zero-order valence-corrected chi connectivity index (χ0v) is 13.3. The first-order valence-electron chi connectivity index (χ1n) is 7.11. The van der Waals surface area contributed by atoms with Crippen molar-refractivity contribution in [1.29, 1.82) is 0 Å². The van der Waals surface area contributed by atoms with Gasteiger partial charge in [-0.3, -0.25) is 0 Å². The summed E-state index contributed by atoms with van der Waals surface area (Å²) in [4.78, 5) is 0. The minimum atomic E-state index is 0.0938. The van der Waals surface area contributed by atoms with Crippen LogP contribution >= 0.6 is 0 Å². The van der Waals surface area contributed by atoms with Crippen molar-refractivity contribution in [3.63, 3.8) is 0 Å². The van der Waals surface area contributed by atoms with E-state index in [1.165, 1.54) is 31.0 Å². The first-order chi connectivity index (χ1) is 8.24. The van der Waals surface area contributed by atoms with Gasteiger partial charge < -0.3 is 10.2 Å². The monoisotopic (exact) mass is 258 g/mol. The fraction of sp³-hybridized carbons (Fsp3) is 1.00. The Morgan fingerprint density at radius 1 is 0.647 bits per heavy atom. The zero-order chi connectivity index (χ0) is 13.8. The molecule has 0 aromatic heterocycles. The van der Waals surface area contributed by atoms with Crippen molar-refractivity contribution < 1.29 is 10.2 Å². The molecule has 0 N–H and O–H groups in total. The Hall–Kier alpha value is 0.452. The molecule has 0 fully saturated rings. The van der Waals surface area contributed by atoms with E-state index in [1.807, 2.05) is 13.8 Å². The van der Waals surface area contributed by atoms with Gasteiger partial charge in [0.05, 0.1) is 0 Å².